The summed E-state index contributed by atoms with van der Waals surface area (Å²) in [6.45, 7) is 5.28. The maximum atomic E-state index is 11.5. The lowest BCUT2D eigenvalue weighted by Crippen LogP contribution is -3.11. The summed E-state index contributed by atoms with van der Waals surface area (Å²) in [6.07, 6.45) is 14.4. The smallest absolute Gasteiger partial charge is 0.275 e. The van der Waals surface area contributed by atoms with Gasteiger partial charge in [-0.1, -0.05) is 42.7 Å². The fraction of sp³-hybridized carbons (Fsp3) is 0.909. The van der Waals surface area contributed by atoms with Crippen LogP contribution in [-0.2, 0) is 49.7 Å². The van der Waals surface area contributed by atoms with Gasteiger partial charge in [0.15, 0.2) is 0 Å². The van der Waals surface area contributed by atoms with E-state index in [2.05, 4.69) is 0 Å². The quantitative estimate of drug-likeness (QED) is 0.102. The molecular weight excluding hydrogens is 723 g/mol. The molecule has 24 heteroatoms. The van der Waals surface area contributed by atoms with E-state index in [4.69, 9.17) is 0 Å². The molecule has 14 nitrogen and oxygen atoms in total. The molecule has 0 aromatic heterocycles. The van der Waals surface area contributed by atoms with Gasteiger partial charge in [-0.25, -0.2) is 26.4 Å². The van der Waals surface area contributed by atoms with E-state index in [9.17, 15) is 69.6 Å². The summed E-state index contributed by atoms with van der Waals surface area (Å²) in [6, 6.07) is 0. The molecule has 0 aliphatic rings. The summed E-state index contributed by atoms with van der Waals surface area (Å²) in [5.41, 5.74) is -12.3. The Morgan fingerprint density at radius 2 is 0.761 bits per heavy atom. The number of alkyl halides is 6. The highest BCUT2D eigenvalue weighted by atomic mass is 32.3. The number of hydrogen-bond donors (Lipinski definition) is 4. The van der Waals surface area contributed by atoms with Gasteiger partial charge in [-0.2, -0.15) is 43.2 Å². The number of nitrogens with two attached hydrogens (primary N) is 1. The van der Waals surface area contributed by atoms with Gasteiger partial charge in [-0.3, -0.25) is 9.80 Å². The monoisotopic (exact) mass is 769 g/mol. The minimum absolute atomic E-state index is 0.246. The largest absolute Gasteiger partial charge is 0.512 e. The number of sulfonamides is 4. The minimum Gasteiger partial charge on any atom is -0.275 e. The van der Waals surface area contributed by atoms with Crippen LogP contribution in [0.5, 0.6) is 0 Å². The first-order valence-corrected chi connectivity index (χ1v) is 20.6. The average Bonchev–Trinajstić information content (AvgIpc) is 2.80. The molecule has 0 spiro atoms. The fourth-order valence-corrected chi connectivity index (χ4v) is 7.55. The molecule has 2 amide bonds. The number of rotatable bonds is 17. The van der Waals surface area contributed by atoms with Gasteiger partial charge in [0.25, 0.3) is 0 Å². The van der Waals surface area contributed by atoms with E-state index >= 15 is 0 Å². The van der Waals surface area contributed by atoms with Crippen LogP contribution in [0.2, 0.25) is 0 Å². The molecule has 0 saturated carbocycles. The van der Waals surface area contributed by atoms with Crippen molar-refractivity contribution in [2.45, 2.75) is 89.1 Å². The Morgan fingerprint density at radius 1 is 0.543 bits per heavy atom. The van der Waals surface area contributed by atoms with Gasteiger partial charge >= 0.3 is 62.9 Å². The molecule has 0 aliphatic carbocycles. The molecule has 0 fully saturated rings. The predicted octanol–water partition coefficient (Wildman–Crippen LogP) is -1.25. The number of carbonyl (C=O) groups excluding carboxylic acids is 2. The second-order valence-corrected chi connectivity index (χ2v) is 18.1. The highest BCUT2D eigenvalue weighted by molar-refractivity contribution is 8.05. The summed E-state index contributed by atoms with van der Waals surface area (Å²) in [5.74, 6) is 0.493. The fourth-order valence-electron chi connectivity index (χ4n) is 3.10. The first kappa shape index (κ1) is 49.0. The molecule has 0 bridgehead atoms. The maximum absolute atomic E-state index is 11.5. The molecule has 0 saturated heterocycles. The van der Waals surface area contributed by atoms with Crippen LogP contribution < -0.4 is 18.1 Å². The zero-order valence-corrected chi connectivity index (χ0v) is 29.8. The Hall–Kier alpha value is -1.44. The average molecular weight is 770 g/mol. The molecule has 2 unspecified atom stereocenters. The van der Waals surface area contributed by atoms with Gasteiger partial charge in [0.1, 0.15) is 0 Å². The molecule has 278 valence electrons. The van der Waals surface area contributed by atoms with Crippen molar-refractivity contribution in [1.82, 2.24) is 4.13 Å². The normalized spacial score (nSPS) is 14.3. The molecule has 0 rings (SSSR count). The van der Waals surface area contributed by atoms with Crippen molar-refractivity contribution >= 4 is 51.9 Å². The van der Waals surface area contributed by atoms with E-state index in [-0.39, 0.29) is 11.8 Å². The Balaban J connectivity index is -0.000000663. The van der Waals surface area contributed by atoms with E-state index in [1.807, 2.05) is 14.1 Å². The lowest BCUT2D eigenvalue weighted by molar-refractivity contribution is -0.798. The zero-order chi connectivity index (χ0) is 37.2. The van der Waals surface area contributed by atoms with Crippen LogP contribution in [0.25, 0.3) is 0 Å². The number of nitrogens with one attached hydrogen (secondary N) is 3. The second-order valence-electron chi connectivity index (χ2n) is 10.4. The Labute approximate surface area is 267 Å². The van der Waals surface area contributed by atoms with E-state index in [0.29, 0.717) is 4.13 Å². The number of primary sulfonamides is 2. The summed E-state index contributed by atoms with van der Waals surface area (Å²) >= 11 is 0. The van der Waals surface area contributed by atoms with E-state index in [0.717, 1.165) is 48.2 Å². The highest BCUT2D eigenvalue weighted by Crippen LogP contribution is 2.27. The molecule has 0 aromatic carbocycles. The molecule has 0 aliphatic heterocycles. The van der Waals surface area contributed by atoms with Gasteiger partial charge < -0.3 is 0 Å². The van der Waals surface area contributed by atoms with Crippen LogP contribution in [0.15, 0.2) is 0 Å². The summed E-state index contributed by atoms with van der Waals surface area (Å²) < 4.78 is 149. The molecule has 0 heterocycles. The van der Waals surface area contributed by atoms with Crippen LogP contribution in [-0.4, -0.2) is 96.2 Å². The molecular formula is C22H47F6N4O10S4+3. The minimum atomic E-state index is -6.60. The summed E-state index contributed by atoms with van der Waals surface area (Å²) in [4.78, 5) is 24.2. The standard InChI is InChI=1S/C18H36N2O2.C2HF6NO4S2.C2H7NO4S2/c1-17(21)19(3)15-13-11-9-7-5-6-8-10-12-14-16-20(4)18(2)22;3-1(4,5)14(10,11)9-15(12,13)2(6,7)8;1-8(4,5)3-9(2,6)7/h5-16H2,1-4H3;9H;3H,1-2H3/p+3. The van der Waals surface area contributed by atoms with E-state index in [1.54, 1.807) is 13.8 Å². The molecule has 0 radical (unpaired) electrons. The lowest BCUT2D eigenvalue weighted by Gasteiger charge is -2.11. The first-order valence-electron chi connectivity index (χ1n) is 13.7. The van der Waals surface area contributed by atoms with Crippen LogP contribution in [0.1, 0.15) is 78.1 Å². The van der Waals surface area contributed by atoms with Crippen LogP contribution >= 0.6 is 0 Å². The third-order valence-corrected chi connectivity index (χ3v) is 11.5. The predicted molar refractivity (Wildman–Crippen MR) is 156 cm³/mol. The zero-order valence-electron chi connectivity index (χ0n) is 26.5. The van der Waals surface area contributed by atoms with E-state index in [1.165, 1.54) is 51.4 Å². The van der Waals surface area contributed by atoms with Crippen molar-refractivity contribution in [1.29, 1.82) is 0 Å². The van der Waals surface area contributed by atoms with Gasteiger partial charge in [-0.15, -0.1) is 4.13 Å². The van der Waals surface area contributed by atoms with Gasteiger partial charge in [0.2, 0.25) is 0 Å². The van der Waals surface area contributed by atoms with Crippen LogP contribution in [0.3, 0.4) is 0 Å². The number of amides is 2. The lowest BCUT2D eigenvalue weighted by atomic mass is 10.1. The first-order chi connectivity index (χ1) is 20.4. The third kappa shape index (κ3) is 27.7. The second kappa shape index (κ2) is 21.5. The highest BCUT2D eigenvalue weighted by Gasteiger charge is 2.55. The van der Waals surface area contributed by atoms with Crippen molar-refractivity contribution in [3.8, 4) is 0 Å². The van der Waals surface area contributed by atoms with Crippen LogP contribution in [0, 0.1) is 0 Å². The number of hydrogen-bond acceptors (Lipinski definition) is 10. The van der Waals surface area contributed by atoms with Crippen molar-refractivity contribution in [3.63, 3.8) is 0 Å². The van der Waals surface area contributed by atoms with Crippen molar-refractivity contribution < 1.29 is 83.5 Å². The van der Waals surface area contributed by atoms with Gasteiger partial charge in [0, 0.05) is 0 Å². The number of carbonyl (C=O) groups is 2. The Bertz CT molecular complexity index is 1250. The Kier molecular flexibility index (Phi) is 22.9. The summed E-state index contributed by atoms with van der Waals surface area (Å²) in [5, 5.41) is 0. The third-order valence-electron chi connectivity index (χ3n) is 5.73. The Morgan fingerprint density at radius 3 is 0.913 bits per heavy atom. The van der Waals surface area contributed by atoms with Crippen LogP contribution in [0.4, 0.5) is 26.3 Å². The molecule has 2 atom stereocenters. The number of unbranched alkanes of at least 4 members (excludes halogenated alkanes) is 9. The molecule has 0 aromatic rings. The number of quaternary nitrogens is 3. The molecule has 46 heavy (non-hydrogen) atoms. The van der Waals surface area contributed by atoms with Crippen molar-refractivity contribution in [2.24, 2.45) is 0 Å². The van der Waals surface area contributed by atoms with E-state index < -0.39 is 55.2 Å². The SMILES string of the molecule is CC(=O)[NH+](C)CCCCCCCCCCCC[NH+](C)C(C)=O.CS(=O)(=O)[NH2+]S(C)(=O)=O.O=S(=O)(NS(=O)(=O)C(F)(F)F)C(F)(F)F. The van der Waals surface area contributed by atoms with Crippen molar-refractivity contribution in [2.75, 3.05) is 39.7 Å². The number of halogens is 6. The van der Waals surface area contributed by atoms with Gasteiger partial charge in [-0.05, 0) is 25.7 Å². The molecule has 5 N–H and O–H groups in total. The maximum Gasteiger partial charge on any atom is 0.512 e. The summed E-state index contributed by atoms with van der Waals surface area (Å²) in [7, 11) is -16.3. The van der Waals surface area contributed by atoms with Gasteiger partial charge in [0.05, 0.1) is 53.5 Å². The van der Waals surface area contributed by atoms with Crippen molar-refractivity contribution in [3.05, 3.63) is 0 Å². The topological polar surface area (TPSA) is 208 Å².